The number of hydrogen-bond acceptors (Lipinski definition) is 7. The minimum absolute atomic E-state index is 0.0571. The molecule has 0 spiro atoms. The second-order valence-corrected chi connectivity index (χ2v) is 7.28. The minimum Gasteiger partial charge on any atom is -0.485 e. The molecule has 29 heavy (non-hydrogen) atoms. The summed E-state index contributed by atoms with van der Waals surface area (Å²) in [6, 6.07) is 17.2. The predicted molar refractivity (Wildman–Crippen MR) is 106 cm³/mol. The lowest BCUT2D eigenvalue weighted by Crippen LogP contribution is -2.22. The predicted octanol–water partition coefficient (Wildman–Crippen LogP) is 3.66. The van der Waals surface area contributed by atoms with Gasteiger partial charge in [0.15, 0.2) is 6.61 Å². The number of nitrogens with zero attached hydrogens (tertiary/aromatic N) is 3. The van der Waals surface area contributed by atoms with E-state index < -0.39 is 0 Å². The normalized spacial score (nSPS) is 19.2. The quantitative estimate of drug-likeness (QED) is 0.450. The van der Waals surface area contributed by atoms with Gasteiger partial charge >= 0.3 is 5.97 Å². The summed E-state index contributed by atoms with van der Waals surface area (Å²) in [6.45, 7) is 1.19. The maximum Gasteiger partial charge on any atom is 0.310 e. The molecule has 150 valence electrons. The van der Waals surface area contributed by atoms with E-state index in [1.165, 1.54) is 7.11 Å². The summed E-state index contributed by atoms with van der Waals surface area (Å²) >= 11 is 6.15. The standard InChI is InChI=1S/C21H20ClN3O4/c1-27-21(26)18-12-25(22)11-17(18)15-8-5-9-16(10-15)28-13-19-23-20(29-24-19)14-6-3-2-4-7-14/h2-10,17-18H,11-13H2,1H3/t17-,18?/m0/s1. The molecule has 4 rings (SSSR count). The highest BCUT2D eigenvalue weighted by Crippen LogP contribution is 2.35. The molecule has 2 heterocycles. The highest BCUT2D eigenvalue weighted by molar-refractivity contribution is 6.13. The van der Waals surface area contributed by atoms with Gasteiger partial charge in [-0.3, -0.25) is 4.79 Å². The Morgan fingerprint density at radius 2 is 2.03 bits per heavy atom. The van der Waals surface area contributed by atoms with E-state index in [1.54, 1.807) is 4.42 Å². The molecule has 0 N–H and O–H groups in total. The molecule has 1 aliphatic rings. The van der Waals surface area contributed by atoms with Crippen molar-refractivity contribution in [3.63, 3.8) is 0 Å². The molecule has 0 amide bonds. The highest BCUT2D eigenvalue weighted by atomic mass is 35.5. The Morgan fingerprint density at radius 3 is 2.83 bits per heavy atom. The molecule has 1 unspecified atom stereocenters. The zero-order chi connectivity index (χ0) is 20.2. The van der Waals surface area contributed by atoms with Gasteiger partial charge in [-0.2, -0.15) is 4.98 Å². The van der Waals surface area contributed by atoms with Crippen molar-refractivity contribution in [3.05, 3.63) is 66.0 Å². The molecule has 2 aromatic carbocycles. The van der Waals surface area contributed by atoms with Gasteiger partial charge in [0, 0.05) is 24.6 Å². The van der Waals surface area contributed by atoms with E-state index in [-0.39, 0.29) is 24.4 Å². The number of benzene rings is 2. The third-order valence-corrected chi connectivity index (χ3v) is 5.20. The number of ether oxygens (including phenoxy) is 2. The van der Waals surface area contributed by atoms with Crippen LogP contribution in [0.25, 0.3) is 11.5 Å². The first-order valence-electron chi connectivity index (χ1n) is 9.23. The molecule has 1 aliphatic heterocycles. The van der Waals surface area contributed by atoms with Crippen molar-refractivity contribution in [1.82, 2.24) is 14.6 Å². The van der Waals surface area contributed by atoms with Gasteiger partial charge in [0.1, 0.15) is 5.75 Å². The third kappa shape index (κ3) is 4.41. The summed E-state index contributed by atoms with van der Waals surface area (Å²) in [6.07, 6.45) is 0. The molecule has 1 aromatic heterocycles. The van der Waals surface area contributed by atoms with E-state index in [4.69, 9.17) is 25.8 Å². The number of carbonyl (C=O) groups excluding carboxylic acids is 1. The second-order valence-electron chi connectivity index (χ2n) is 6.81. The average molecular weight is 414 g/mol. The molecule has 3 aromatic rings. The fraction of sp³-hybridized carbons (Fsp3) is 0.286. The van der Waals surface area contributed by atoms with Crippen LogP contribution in [0, 0.1) is 5.92 Å². The van der Waals surface area contributed by atoms with E-state index in [9.17, 15) is 4.79 Å². The van der Waals surface area contributed by atoms with Crippen LogP contribution in [0.2, 0.25) is 0 Å². The van der Waals surface area contributed by atoms with E-state index in [0.717, 1.165) is 11.1 Å². The summed E-state index contributed by atoms with van der Waals surface area (Å²) in [5, 5.41) is 3.97. The summed E-state index contributed by atoms with van der Waals surface area (Å²) in [5.74, 6) is 0.938. The molecule has 1 fully saturated rings. The fourth-order valence-corrected chi connectivity index (χ4v) is 3.77. The Hall–Kier alpha value is -2.90. The Kier molecular flexibility index (Phi) is 5.78. The fourth-order valence-electron chi connectivity index (χ4n) is 3.48. The van der Waals surface area contributed by atoms with Gasteiger partial charge in [0.2, 0.25) is 5.82 Å². The number of rotatable bonds is 6. The number of carbonyl (C=O) groups is 1. The van der Waals surface area contributed by atoms with Crippen molar-refractivity contribution in [1.29, 1.82) is 0 Å². The number of hydrogen-bond donors (Lipinski definition) is 0. The van der Waals surface area contributed by atoms with Crippen LogP contribution in [0.1, 0.15) is 17.3 Å². The molecule has 0 radical (unpaired) electrons. The van der Waals surface area contributed by atoms with Gasteiger partial charge in [0.25, 0.3) is 5.89 Å². The first kappa shape index (κ1) is 19.4. The van der Waals surface area contributed by atoms with Crippen LogP contribution in [0.5, 0.6) is 5.75 Å². The molecule has 2 atom stereocenters. The maximum absolute atomic E-state index is 12.1. The number of methoxy groups -OCH3 is 1. The largest absolute Gasteiger partial charge is 0.485 e. The highest BCUT2D eigenvalue weighted by Gasteiger charge is 2.38. The molecular weight excluding hydrogens is 394 g/mol. The van der Waals surface area contributed by atoms with Crippen LogP contribution < -0.4 is 4.74 Å². The summed E-state index contributed by atoms with van der Waals surface area (Å²) in [7, 11) is 1.39. The van der Waals surface area contributed by atoms with Crippen LogP contribution in [-0.2, 0) is 16.1 Å². The van der Waals surface area contributed by atoms with E-state index in [2.05, 4.69) is 10.1 Å². The zero-order valence-corrected chi connectivity index (χ0v) is 16.6. The average Bonchev–Trinajstić information content (AvgIpc) is 3.39. The van der Waals surface area contributed by atoms with Crippen molar-refractivity contribution in [2.24, 2.45) is 5.92 Å². The lowest BCUT2D eigenvalue weighted by Gasteiger charge is -2.17. The zero-order valence-electron chi connectivity index (χ0n) is 15.8. The van der Waals surface area contributed by atoms with E-state index >= 15 is 0 Å². The first-order valence-corrected chi connectivity index (χ1v) is 9.57. The van der Waals surface area contributed by atoms with E-state index in [1.807, 2.05) is 54.6 Å². The molecular formula is C21H20ClN3O4. The first-order chi connectivity index (χ1) is 14.1. The molecule has 7 nitrogen and oxygen atoms in total. The van der Waals surface area contributed by atoms with E-state index in [0.29, 0.717) is 30.6 Å². The molecule has 8 heteroatoms. The number of aromatic nitrogens is 2. The Morgan fingerprint density at radius 1 is 1.21 bits per heavy atom. The lowest BCUT2D eigenvalue weighted by molar-refractivity contribution is -0.145. The molecule has 0 bridgehead atoms. The van der Waals surface area contributed by atoms with Gasteiger partial charge in [-0.05, 0) is 41.6 Å². The van der Waals surface area contributed by atoms with Crippen molar-refractivity contribution >= 4 is 17.7 Å². The molecule has 0 aliphatic carbocycles. The smallest absolute Gasteiger partial charge is 0.310 e. The molecule has 0 saturated carbocycles. The minimum atomic E-state index is -0.307. The number of esters is 1. The van der Waals surface area contributed by atoms with Crippen molar-refractivity contribution in [2.45, 2.75) is 12.5 Å². The van der Waals surface area contributed by atoms with Crippen LogP contribution in [-0.4, -0.2) is 40.7 Å². The Bertz CT molecular complexity index is 979. The van der Waals surface area contributed by atoms with Gasteiger partial charge in [0.05, 0.1) is 13.0 Å². The van der Waals surface area contributed by atoms with Crippen molar-refractivity contribution in [2.75, 3.05) is 20.2 Å². The van der Waals surface area contributed by atoms with Crippen molar-refractivity contribution < 1.29 is 18.8 Å². The maximum atomic E-state index is 12.1. The molecule has 1 saturated heterocycles. The lowest BCUT2D eigenvalue weighted by atomic mass is 9.89. The summed E-state index contributed by atoms with van der Waals surface area (Å²) in [4.78, 5) is 16.5. The van der Waals surface area contributed by atoms with Gasteiger partial charge < -0.3 is 14.0 Å². The Labute approximate surface area is 173 Å². The van der Waals surface area contributed by atoms with Crippen LogP contribution >= 0.6 is 11.8 Å². The van der Waals surface area contributed by atoms with Crippen LogP contribution in [0.3, 0.4) is 0 Å². The second kappa shape index (κ2) is 8.63. The topological polar surface area (TPSA) is 77.7 Å². The van der Waals surface area contributed by atoms with Crippen molar-refractivity contribution in [3.8, 4) is 17.2 Å². The Balaban J connectivity index is 1.44. The SMILES string of the molecule is COC(=O)C1CN(Cl)C[C@H]1c1cccc(OCc2noc(-c3ccccc3)n2)c1. The third-order valence-electron chi connectivity index (χ3n) is 4.92. The summed E-state index contributed by atoms with van der Waals surface area (Å²) in [5.41, 5.74) is 1.83. The van der Waals surface area contributed by atoms with Gasteiger partial charge in [-0.1, -0.05) is 35.5 Å². The summed E-state index contributed by atoms with van der Waals surface area (Å²) < 4.78 is 17.7. The van der Waals surface area contributed by atoms with Crippen LogP contribution in [0.4, 0.5) is 0 Å². The van der Waals surface area contributed by atoms with Gasteiger partial charge in [-0.25, -0.2) is 4.42 Å². The van der Waals surface area contributed by atoms with Gasteiger partial charge in [-0.15, -0.1) is 0 Å². The number of halogens is 1. The van der Waals surface area contributed by atoms with Crippen LogP contribution in [0.15, 0.2) is 59.1 Å². The monoisotopic (exact) mass is 413 g/mol.